The predicted octanol–water partition coefficient (Wildman–Crippen LogP) is 2.61. The van der Waals surface area contributed by atoms with E-state index in [9.17, 15) is 9.59 Å². The lowest BCUT2D eigenvalue weighted by molar-refractivity contribution is -0.143. The number of aryl methyl sites for hydroxylation is 1. The van der Waals surface area contributed by atoms with Gasteiger partial charge in [0.1, 0.15) is 0 Å². The van der Waals surface area contributed by atoms with Gasteiger partial charge in [0, 0.05) is 24.8 Å². The summed E-state index contributed by atoms with van der Waals surface area (Å²) >= 11 is 1.48. The number of likely N-dealkylation sites (N-methyl/N-ethyl adjacent to an activating group) is 1. The van der Waals surface area contributed by atoms with Crippen LogP contribution in [-0.2, 0) is 9.59 Å². The molecule has 2 rings (SSSR count). The van der Waals surface area contributed by atoms with E-state index >= 15 is 0 Å². The van der Waals surface area contributed by atoms with Gasteiger partial charge in [-0.25, -0.2) is 0 Å². The zero-order valence-electron chi connectivity index (χ0n) is 12.2. The molecule has 0 bridgehead atoms. The highest BCUT2D eigenvalue weighted by atomic mass is 32.1. The predicted molar refractivity (Wildman–Crippen MR) is 83.1 cm³/mol. The van der Waals surface area contributed by atoms with Gasteiger partial charge in [-0.05, 0) is 42.5 Å². The molecule has 2 heterocycles. The Labute approximate surface area is 127 Å². The summed E-state index contributed by atoms with van der Waals surface area (Å²) in [4.78, 5) is 29.6. The molecule has 0 aliphatic rings. The van der Waals surface area contributed by atoms with Crippen molar-refractivity contribution in [2.24, 2.45) is 0 Å². The maximum Gasteiger partial charge on any atom is 0.313 e. The summed E-state index contributed by atoms with van der Waals surface area (Å²) in [5.41, 5.74) is 2.56. The molecule has 0 radical (unpaired) electrons. The summed E-state index contributed by atoms with van der Waals surface area (Å²) in [6, 6.07) is 3.46. The van der Waals surface area contributed by atoms with Crippen LogP contribution in [-0.4, -0.2) is 28.7 Å². The molecular weight excluding hydrogens is 286 g/mol. The van der Waals surface area contributed by atoms with E-state index in [4.69, 9.17) is 0 Å². The standard InChI is InChI=1S/C15H17N3O2S/c1-10-8-21-9-13(10)17-14(19)15(20)18(3)11(2)12-4-6-16-7-5-12/h4-9,11H,1-3H3,(H,17,19). The van der Waals surface area contributed by atoms with Gasteiger partial charge in [0.25, 0.3) is 0 Å². The lowest BCUT2D eigenvalue weighted by atomic mass is 10.1. The number of aromatic nitrogens is 1. The van der Waals surface area contributed by atoms with E-state index in [0.717, 1.165) is 11.1 Å². The summed E-state index contributed by atoms with van der Waals surface area (Å²) in [5.74, 6) is -1.19. The van der Waals surface area contributed by atoms with E-state index in [1.165, 1.54) is 16.2 Å². The molecule has 0 aliphatic carbocycles. The van der Waals surface area contributed by atoms with Gasteiger partial charge in [0.05, 0.1) is 11.7 Å². The highest BCUT2D eigenvalue weighted by Gasteiger charge is 2.24. The van der Waals surface area contributed by atoms with Gasteiger partial charge >= 0.3 is 11.8 Å². The summed E-state index contributed by atoms with van der Waals surface area (Å²) in [6.45, 7) is 3.76. The molecule has 0 spiro atoms. The number of hydrogen-bond acceptors (Lipinski definition) is 4. The number of carbonyl (C=O) groups excluding carboxylic acids is 2. The van der Waals surface area contributed by atoms with Gasteiger partial charge in [-0.1, -0.05) is 0 Å². The molecular formula is C15H17N3O2S. The Balaban J connectivity index is 2.05. The highest BCUT2D eigenvalue weighted by molar-refractivity contribution is 7.08. The Morgan fingerprint density at radius 1 is 1.29 bits per heavy atom. The Hall–Kier alpha value is -2.21. The second-order valence-corrected chi connectivity index (χ2v) is 5.54. The molecule has 0 fully saturated rings. The maximum atomic E-state index is 12.2. The molecule has 0 aliphatic heterocycles. The van der Waals surface area contributed by atoms with Crippen molar-refractivity contribution in [3.05, 3.63) is 46.4 Å². The summed E-state index contributed by atoms with van der Waals surface area (Å²) in [6.07, 6.45) is 3.33. The van der Waals surface area contributed by atoms with Crippen LogP contribution in [0.5, 0.6) is 0 Å². The zero-order chi connectivity index (χ0) is 15.4. The lowest BCUT2D eigenvalue weighted by Gasteiger charge is -2.24. The second kappa shape index (κ2) is 6.49. The van der Waals surface area contributed by atoms with Crippen molar-refractivity contribution < 1.29 is 9.59 Å². The van der Waals surface area contributed by atoms with Crippen molar-refractivity contribution in [1.29, 1.82) is 0 Å². The van der Waals surface area contributed by atoms with Crippen molar-refractivity contribution in [3.63, 3.8) is 0 Å². The van der Waals surface area contributed by atoms with Crippen molar-refractivity contribution in [3.8, 4) is 0 Å². The highest BCUT2D eigenvalue weighted by Crippen LogP contribution is 2.21. The Morgan fingerprint density at radius 3 is 2.52 bits per heavy atom. The fraction of sp³-hybridized carbons (Fsp3) is 0.267. The molecule has 1 unspecified atom stereocenters. The third-order valence-electron chi connectivity index (χ3n) is 3.39. The van der Waals surface area contributed by atoms with Crippen LogP contribution in [0.25, 0.3) is 0 Å². The monoisotopic (exact) mass is 303 g/mol. The molecule has 1 atom stereocenters. The number of nitrogens with zero attached hydrogens (tertiary/aromatic N) is 2. The topological polar surface area (TPSA) is 62.3 Å². The van der Waals surface area contributed by atoms with Crippen LogP contribution in [0.15, 0.2) is 35.3 Å². The van der Waals surface area contributed by atoms with Crippen LogP contribution >= 0.6 is 11.3 Å². The van der Waals surface area contributed by atoms with Crippen molar-refractivity contribution >= 4 is 28.8 Å². The molecule has 0 saturated carbocycles. The third kappa shape index (κ3) is 3.46. The van der Waals surface area contributed by atoms with Crippen molar-refractivity contribution in [2.75, 3.05) is 12.4 Å². The number of hydrogen-bond donors (Lipinski definition) is 1. The van der Waals surface area contributed by atoms with Gasteiger partial charge < -0.3 is 10.2 Å². The van der Waals surface area contributed by atoms with Crippen molar-refractivity contribution in [1.82, 2.24) is 9.88 Å². The minimum atomic E-state index is -0.625. The van der Waals surface area contributed by atoms with Gasteiger partial charge in [-0.2, -0.15) is 0 Å². The molecule has 1 N–H and O–H groups in total. The number of rotatable bonds is 3. The van der Waals surface area contributed by atoms with E-state index < -0.39 is 11.8 Å². The van der Waals surface area contributed by atoms with Gasteiger partial charge in [0.2, 0.25) is 0 Å². The minimum Gasteiger partial charge on any atom is -0.331 e. The largest absolute Gasteiger partial charge is 0.331 e. The minimum absolute atomic E-state index is 0.199. The van der Waals surface area contributed by atoms with E-state index in [1.807, 2.05) is 36.7 Å². The summed E-state index contributed by atoms with van der Waals surface area (Å²) < 4.78 is 0. The molecule has 0 saturated heterocycles. The third-order valence-corrected chi connectivity index (χ3v) is 4.25. The molecule has 2 aromatic rings. The first-order valence-corrected chi connectivity index (χ1v) is 7.46. The van der Waals surface area contributed by atoms with Gasteiger partial charge in [0.15, 0.2) is 0 Å². The van der Waals surface area contributed by atoms with Crippen LogP contribution in [0.4, 0.5) is 5.69 Å². The van der Waals surface area contributed by atoms with Crippen LogP contribution < -0.4 is 5.32 Å². The van der Waals surface area contributed by atoms with Crippen LogP contribution in [0.3, 0.4) is 0 Å². The lowest BCUT2D eigenvalue weighted by Crippen LogP contribution is -2.38. The number of pyridine rings is 1. The quantitative estimate of drug-likeness (QED) is 0.887. The van der Waals surface area contributed by atoms with Crippen LogP contribution in [0.2, 0.25) is 0 Å². The molecule has 21 heavy (non-hydrogen) atoms. The van der Waals surface area contributed by atoms with Crippen molar-refractivity contribution in [2.45, 2.75) is 19.9 Å². The van der Waals surface area contributed by atoms with Gasteiger partial charge in [-0.3, -0.25) is 14.6 Å². The number of nitrogens with one attached hydrogen (secondary N) is 1. The Bertz CT molecular complexity index is 639. The summed E-state index contributed by atoms with van der Waals surface area (Å²) in [5, 5.41) is 6.38. The normalized spacial score (nSPS) is 11.8. The molecule has 2 aromatic heterocycles. The Morgan fingerprint density at radius 2 is 1.95 bits per heavy atom. The number of amides is 2. The Kier molecular flexibility index (Phi) is 4.70. The van der Waals surface area contributed by atoms with E-state index in [1.54, 1.807) is 19.4 Å². The maximum absolute atomic E-state index is 12.2. The fourth-order valence-corrected chi connectivity index (χ4v) is 2.65. The summed E-state index contributed by atoms with van der Waals surface area (Å²) in [7, 11) is 1.62. The average molecular weight is 303 g/mol. The SMILES string of the molecule is Cc1cscc1NC(=O)C(=O)N(C)C(C)c1ccncc1. The van der Waals surface area contributed by atoms with E-state index in [0.29, 0.717) is 5.69 Å². The molecule has 2 amide bonds. The first kappa shape index (κ1) is 15.2. The van der Waals surface area contributed by atoms with Crippen LogP contribution in [0.1, 0.15) is 24.1 Å². The molecule has 0 aromatic carbocycles. The number of anilines is 1. The fourth-order valence-electron chi connectivity index (χ4n) is 1.87. The van der Waals surface area contributed by atoms with Crippen LogP contribution in [0, 0.1) is 6.92 Å². The second-order valence-electron chi connectivity index (χ2n) is 4.80. The molecule has 110 valence electrons. The molecule has 5 nitrogen and oxygen atoms in total. The first-order chi connectivity index (χ1) is 10.0. The number of thiophene rings is 1. The first-order valence-electron chi connectivity index (χ1n) is 6.51. The smallest absolute Gasteiger partial charge is 0.313 e. The average Bonchev–Trinajstić information content (AvgIpc) is 2.91. The molecule has 6 heteroatoms. The zero-order valence-corrected chi connectivity index (χ0v) is 13.0. The van der Waals surface area contributed by atoms with Gasteiger partial charge in [-0.15, -0.1) is 11.3 Å². The number of carbonyl (C=O) groups is 2. The van der Waals surface area contributed by atoms with E-state index in [-0.39, 0.29) is 6.04 Å². The van der Waals surface area contributed by atoms with E-state index in [2.05, 4.69) is 10.3 Å².